The SMILES string of the molecule is COc1ccc(OCC(=O)N(C)C)c(CC(C)N)c1. The highest BCUT2D eigenvalue weighted by molar-refractivity contribution is 5.77. The Morgan fingerprint density at radius 1 is 1.42 bits per heavy atom. The van der Waals surface area contributed by atoms with Crippen molar-refractivity contribution in [3.05, 3.63) is 23.8 Å². The number of hydrogen-bond acceptors (Lipinski definition) is 4. The number of methoxy groups -OCH3 is 1. The van der Waals surface area contributed by atoms with Crippen LogP contribution in [0.15, 0.2) is 18.2 Å². The molecule has 1 rings (SSSR count). The normalized spacial score (nSPS) is 11.8. The molecular formula is C14H22N2O3. The number of carbonyl (C=O) groups is 1. The van der Waals surface area contributed by atoms with Crippen LogP contribution in [0, 0.1) is 0 Å². The van der Waals surface area contributed by atoms with Crippen molar-refractivity contribution in [3.63, 3.8) is 0 Å². The van der Waals surface area contributed by atoms with Gasteiger partial charge in [-0.1, -0.05) is 0 Å². The largest absolute Gasteiger partial charge is 0.497 e. The van der Waals surface area contributed by atoms with Gasteiger partial charge in [-0.25, -0.2) is 0 Å². The summed E-state index contributed by atoms with van der Waals surface area (Å²) in [5, 5.41) is 0. The number of nitrogens with zero attached hydrogens (tertiary/aromatic N) is 1. The first-order valence-corrected chi connectivity index (χ1v) is 6.19. The Labute approximate surface area is 114 Å². The third-order valence-corrected chi connectivity index (χ3v) is 2.66. The van der Waals surface area contributed by atoms with Crippen LogP contribution >= 0.6 is 0 Å². The van der Waals surface area contributed by atoms with Gasteiger partial charge in [-0.15, -0.1) is 0 Å². The van der Waals surface area contributed by atoms with Crippen LogP contribution in [0.1, 0.15) is 12.5 Å². The number of carbonyl (C=O) groups excluding carboxylic acids is 1. The van der Waals surface area contributed by atoms with Crippen LogP contribution in [0.2, 0.25) is 0 Å². The average molecular weight is 266 g/mol. The van der Waals surface area contributed by atoms with E-state index in [2.05, 4.69) is 0 Å². The Morgan fingerprint density at radius 2 is 2.11 bits per heavy atom. The maximum absolute atomic E-state index is 11.5. The first kappa shape index (κ1) is 15.3. The van der Waals surface area contributed by atoms with Gasteiger partial charge < -0.3 is 20.1 Å². The highest BCUT2D eigenvalue weighted by atomic mass is 16.5. The van der Waals surface area contributed by atoms with E-state index in [0.29, 0.717) is 12.2 Å². The summed E-state index contributed by atoms with van der Waals surface area (Å²) < 4.78 is 10.7. The van der Waals surface area contributed by atoms with E-state index in [1.165, 1.54) is 4.90 Å². The summed E-state index contributed by atoms with van der Waals surface area (Å²) in [4.78, 5) is 13.0. The van der Waals surface area contributed by atoms with E-state index in [-0.39, 0.29) is 18.6 Å². The summed E-state index contributed by atoms with van der Waals surface area (Å²) in [6, 6.07) is 5.51. The Bertz CT molecular complexity index is 431. The lowest BCUT2D eigenvalue weighted by atomic mass is 10.1. The molecule has 0 radical (unpaired) electrons. The van der Waals surface area contributed by atoms with Crippen LogP contribution in [-0.2, 0) is 11.2 Å². The lowest BCUT2D eigenvalue weighted by molar-refractivity contribution is -0.130. The Hall–Kier alpha value is -1.75. The molecule has 0 saturated heterocycles. The van der Waals surface area contributed by atoms with E-state index in [0.717, 1.165) is 11.3 Å². The van der Waals surface area contributed by atoms with E-state index in [4.69, 9.17) is 15.2 Å². The zero-order chi connectivity index (χ0) is 14.4. The predicted molar refractivity (Wildman–Crippen MR) is 74.5 cm³/mol. The maximum atomic E-state index is 11.5. The second-order valence-corrected chi connectivity index (χ2v) is 4.73. The van der Waals surface area contributed by atoms with Gasteiger partial charge in [-0.05, 0) is 37.1 Å². The van der Waals surface area contributed by atoms with Crippen LogP contribution < -0.4 is 15.2 Å². The summed E-state index contributed by atoms with van der Waals surface area (Å²) in [5.41, 5.74) is 6.76. The standard InChI is InChI=1S/C14H22N2O3/c1-10(15)7-11-8-12(18-4)5-6-13(11)19-9-14(17)16(2)3/h5-6,8,10H,7,9,15H2,1-4H3. The monoisotopic (exact) mass is 266 g/mol. The number of amides is 1. The molecule has 0 heterocycles. The minimum Gasteiger partial charge on any atom is -0.497 e. The third kappa shape index (κ3) is 4.79. The number of rotatable bonds is 6. The Kier molecular flexibility index (Phi) is 5.63. The molecule has 5 nitrogen and oxygen atoms in total. The molecule has 0 saturated carbocycles. The van der Waals surface area contributed by atoms with E-state index in [1.807, 2.05) is 13.0 Å². The second-order valence-electron chi connectivity index (χ2n) is 4.73. The van der Waals surface area contributed by atoms with E-state index >= 15 is 0 Å². The quantitative estimate of drug-likeness (QED) is 0.836. The molecule has 5 heteroatoms. The molecule has 106 valence electrons. The minimum atomic E-state index is -0.0810. The molecule has 1 amide bonds. The summed E-state index contributed by atoms with van der Waals surface area (Å²) in [6.07, 6.45) is 0.669. The van der Waals surface area contributed by atoms with Crippen LogP contribution in [-0.4, -0.2) is 44.7 Å². The van der Waals surface area contributed by atoms with Gasteiger partial charge >= 0.3 is 0 Å². The summed E-state index contributed by atoms with van der Waals surface area (Å²) in [6.45, 7) is 1.94. The summed E-state index contributed by atoms with van der Waals surface area (Å²) in [7, 11) is 5.01. The fourth-order valence-electron chi connectivity index (χ4n) is 1.60. The molecule has 0 bridgehead atoms. The molecule has 0 aromatic heterocycles. The number of ether oxygens (including phenoxy) is 2. The van der Waals surface area contributed by atoms with Gasteiger partial charge in [0.2, 0.25) is 0 Å². The number of benzene rings is 1. The van der Waals surface area contributed by atoms with Crippen molar-refractivity contribution in [1.29, 1.82) is 0 Å². The highest BCUT2D eigenvalue weighted by Crippen LogP contribution is 2.25. The molecule has 2 N–H and O–H groups in total. The van der Waals surface area contributed by atoms with Gasteiger partial charge in [0.05, 0.1) is 7.11 Å². The smallest absolute Gasteiger partial charge is 0.259 e. The molecule has 19 heavy (non-hydrogen) atoms. The third-order valence-electron chi connectivity index (χ3n) is 2.66. The molecule has 0 aliphatic carbocycles. The van der Waals surface area contributed by atoms with Gasteiger partial charge in [0.1, 0.15) is 11.5 Å². The van der Waals surface area contributed by atoms with Gasteiger partial charge in [-0.2, -0.15) is 0 Å². The van der Waals surface area contributed by atoms with Crippen molar-refractivity contribution < 1.29 is 14.3 Å². The van der Waals surface area contributed by atoms with Crippen LogP contribution in [0.4, 0.5) is 0 Å². The van der Waals surface area contributed by atoms with Crippen molar-refractivity contribution in [2.45, 2.75) is 19.4 Å². The van der Waals surface area contributed by atoms with Crippen molar-refractivity contribution >= 4 is 5.91 Å². The molecule has 1 unspecified atom stereocenters. The Morgan fingerprint density at radius 3 is 2.63 bits per heavy atom. The van der Waals surface area contributed by atoms with Gasteiger partial charge in [0, 0.05) is 20.1 Å². The molecule has 1 atom stereocenters. The van der Waals surface area contributed by atoms with Crippen LogP contribution in [0.25, 0.3) is 0 Å². The van der Waals surface area contributed by atoms with Gasteiger partial charge in [-0.3, -0.25) is 4.79 Å². The van der Waals surface area contributed by atoms with Gasteiger partial charge in [0.25, 0.3) is 5.91 Å². The molecule has 1 aromatic carbocycles. The minimum absolute atomic E-state index is 0.0130. The maximum Gasteiger partial charge on any atom is 0.259 e. The van der Waals surface area contributed by atoms with Crippen LogP contribution in [0.3, 0.4) is 0 Å². The first-order chi connectivity index (χ1) is 8.93. The molecule has 0 aliphatic heterocycles. The van der Waals surface area contributed by atoms with Gasteiger partial charge in [0.15, 0.2) is 6.61 Å². The van der Waals surface area contributed by atoms with Crippen molar-refractivity contribution in [3.8, 4) is 11.5 Å². The molecule has 0 aliphatic rings. The average Bonchev–Trinajstić information content (AvgIpc) is 2.35. The summed E-state index contributed by atoms with van der Waals surface area (Å²) >= 11 is 0. The lowest BCUT2D eigenvalue weighted by Gasteiger charge is -2.16. The number of nitrogens with two attached hydrogens (primary N) is 1. The summed E-state index contributed by atoms with van der Waals surface area (Å²) in [5.74, 6) is 1.35. The molecule has 0 spiro atoms. The number of likely N-dealkylation sites (N-methyl/N-ethyl adjacent to an activating group) is 1. The van der Waals surface area contributed by atoms with Crippen LogP contribution in [0.5, 0.6) is 11.5 Å². The fourth-order valence-corrected chi connectivity index (χ4v) is 1.60. The molecule has 1 aromatic rings. The highest BCUT2D eigenvalue weighted by Gasteiger charge is 2.11. The molecule has 0 fully saturated rings. The first-order valence-electron chi connectivity index (χ1n) is 6.19. The zero-order valence-electron chi connectivity index (χ0n) is 12.0. The number of hydrogen-bond donors (Lipinski definition) is 1. The topological polar surface area (TPSA) is 64.8 Å². The predicted octanol–water partition coefficient (Wildman–Crippen LogP) is 1.05. The fraction of sp³-hybridized carbons (Fsp3) is 0.500. The Balaban J connectivity index is 2.83. The van der Waals surface area contributed by atoms with E-state index in [1.54, 1.807) is 33.3 Å². The van der Waals surface area contributed by atoms with Crippen molar-refractivity contribution in [2.75, 3.05) is 27.8 Å². The lowest BCUT2D eigenvalue weighted by Crippen LogP contribution is -2.28. The van der Waals surface area contributed by atoms with Crippen molar-refractivity contribution in [1.82, 2.24) is 4.90 Å². The van der Waals surface area contributed by atoms with E-state index in [9.17, 15) is 4.79 Å². The zero-order valence-corrected chi connectivity index (χ0v) is 12.0. The second kappa shape index (κ2) is 6.99. The van der Waals surface area contributed by atoms with E-state index < -0.39 is 0 Å². The molecular weight excluding hydrogens is 244 g/mol. The van der Waals surface area contributed by atoms with Crippen molar-refractivity contribution in [2.24, 2.45) is 5.73 Å².